The summed E-state index contributed by atoms with van der Waals surface area (Å²) in [4.78, 5) is 24.1. The first-order chi connectivity index (χ1) is 9.49. The quantitative estimate of drug-likeness (QED) is 0.683. The van der Waals surface area contributed by atoms with Crippen molar-refractivity contribution >= 4 is 11.9 Å². The van der Waals surface area contributed by atoms with Crippen LogP contribution in [0, 0.1) is 0 Å². The summed E-state index contributed by atoms with van der Waals surface area (Å²) < 4.78 is 0. The largest absolute Gasteiger partial charge is 0.353 e. The molecule has 2 N–H and O–H groups in total. The van der Waals surface area contributed by atoms with E-state index in [0.717, 1.165) is 19.6 Å². The Labute approximate surface area is 120 Å². The smallest absolute Gasteiger partial charge is 0.254 e. The molecule has 0 fully saturated rings. The number of amides is 1. The molecule has 0 bridgehead atoms. The first-order valence-corrected chi connectivity index (χ1v) is 6.62. The van der Waals surface area contributed by atoms with Crippen molar-refractivity contribution in [3.63, 3.8) is 0 Å². The van der Waals surface area contributed by atoms with E-state index in [1.165, 1.54) is 12.4 Å². The number of hydrogen-bond donors (Lipinski definition) is 2. The number of rotatable bonds is 8. The molecule has 0 unspecified atom stereocenters. The molecular formula is C13H24N6O. The van der Waals surface area contributed by atoms with Gasteiger partial charge in [-0.25, -0.2) is 9.97 Å². The highest BCUT2D eigenvalue weighted by Gasteiger charge is 2.06. The van der Waals surface area contributed by atoms with E-state index in [4.69, 9.17) is 0 Å². The molecule has 1 rings (SSSR count). The lowest BCUT2D eigenvalue weighted by atomic mass is 10.3. The van der Waals surface area contributed by atoms with Gasteiger partial charge in [0.1, 0.15) is 0 Å². The third kappa shape index (κ3) is 6.44. The molecule has 7 nitrogen and oxygen atoms in total. The van der Waals surface area contributed by atoms with Gasteiger partial charge in [0.15, 0.2) is 0 Å². The van der Waals surface area contributed by atoms with Crippen LogP contribution in [0.4, 0.5) is 5.95 Å². The number of anilines is 1. The van der Waals surface area contributed by atoms with Crippen LogP contribution in [0.1, 0.15) is 10.4 Å². The Bertz CT molecular complexity index is 404. The number of carbonyl (C=O) groups excluding carboxylic acids is 1. The van der Waals surface area contributed by atoms with Gasteiger partial charge < -0.3 is 20.4 Å². The monoisotopic (exact) mass is 280 g/mol. The van der Waals surface area contributed by atoms with Crippen molar-refractivity contribution < 1.29 is 4.79 Å². The predicted molar refractivity (Wildman–Crippen MR) is 80.0 cm³/mol. The summed E-state index contributed by atoms with van der Waals surface area (Å²) >= 11 is 0. The summed E-state index contributed by atoms with van der Waals surface area (Å²) in [5.74, 6) is 0.392. The average Bonchev–Trinajstić information content (AvgIpc) is 2.38. The SMILES string of the molecule is CN(C)CCNC(=O)c1cnc(NCCN(C)C)nc1. The number of carbonyl (C=O) groups is 1. The summed E-state index contributed by atoms with van der Waals surface area (Å²) in [7, 11) is 7.93. The van der Waals surface area contributed by atoms with Crippen LogP contribution in [0.2, 0.25) is 0 Å². The fraction of sp³-hybridized carbons (Fsp3) is 0.615. The van der Waals surface area contributed by atoms with E-state index >= 15 is 0 Å². The Hall–Kier alpha value is -1.73. The molecule has 1 heterocycles. The first kappa shape index (κ1) is 16.3. The first-order valence-electron chi connectivity index (χ1n) is 6.62. The van der Waals surface area contributed by atoms with Crippen molar-refractivity contribution in [3.05, 3.63) is 18.0 Å². The Morgan fingerprint density at radius 1 is 1.05 bits per heavy atom. The molecule has 1 amide bonds. The Balaban J connectivity index is 2.39. The lowest BCUT2D eigenvalue weighted by molar-refractivity contribution is 0.0950. The maximum absolute atomic E-state index is 11.8. The van der Waals surface area contributed by atoms with E-state index in [1.54, 1.807) is 0 Å². The number of aromatic nitrogens is 2. The van der Waals surface area contributed by atoms with E-state index in [1.807, 2.05) is 33.1 Å². The van der Waals surface area contributed by atoms with Crippen LogP contribution in [-0.4, -0.2) is 80.0 Å². The van der Waals surface area contributed by atoms with Crippen LogP contribution >= 0.6 is 0 Å². The van der Waals surface area contributed by atoms with Gasteiger partial charge in [-0.1, -0.05) is 0 Å². The zero-order valence-electron chi connectivity index (χ0n) is 12.7. The summed E-state index contributed by atoms with van der Waals surface area (Å²) in [5, 5.41) is 5.92. The summed E-state index contributed by atoms with van der Waals surface area (Å²) in [6, 6.07) is 0. The van der Waals surface area contributed by atoms with E-state index in [9.17, 15) is 4.79 Å². The number of nitrogens with one attached hydrogen (secondary N) is 2. The highest BCUT2D eigenvalue weighted by molar-refractivity contribution is 5.93. The second kappa shape index (κ2) is 8.44. The van der Waals surface area contributed by atoms with Crippen molar-refractivity contribution in [1.29, 1.82) is 0 Å². The molecule has 7 heteroatoms. The third-order valence-corrected chi connectivity index (χ3v) is 2.60. The van der Waals surface area contributed by atoms with Crippen LogP contribution in [0.25, 0.3) is 0 Å². The van der Waals surface area contributed by atoms with E-state index in [-0.39, 0.29) is 5.91 Å². The molecule has 0 aliphatic carbocycles. The zero-order valence-corrected chi connectivity index (χ0v) is 12.7. The molecule has 20 heavy (non-hydrogen) atoms. The summed E-state index contributed by atoms with van der Waals surface area (Å²) in [5.41, 5.74) is 0.474. The van der Waals surface area contributed by atoms with Crippen molar-refractivity contribution in [2.24, 2.45) is 0 Å². The van der Waals surface area contributed by atoms with Crippen LogP contribution in [0.15, 0.2) is 12.4 Å². The molecule has 0 aromatic carbocycles. The number of hydrogen-bond acceptors (Lipinski definition) is 6. The van der Waals surface area contributed by atoms with E-state index < -0.39 is 0 Å². The molecule has 0 aliphatic rings. The van der Waals surface area contributed by atoms with Crippen molar-refractivity contribution in [1.82, 2.24) is 25.1 Å². The molecular weight excluding hydrogens is 256 g/mol. The standard InChI is InChI=1S/C13H24N6O/c1-18(2)7-5-14-12(20)11-9-16-13(17-10-11)15-6-8-19(3)4/h9-10H,5-8H2,1-4H3,(H,14,20)(H,15,16,17). The van der Waals surface area contributed by atoms with Crippen molar-refractivity contribution in [2.45, 2.75) is 0 Å². The van der Waals surface area contributed by atoms with Gasteiger partial charge in [0.05, 0.1) is 5.56 Å². The predicted octanol–water partition coefficient (Wildman–Crippen LogP) is -0.258. The highest BCUT2D eigenvalue weighted by Crippen LogP contribution is 2.00. The molecule has 1 aromatic heterocycles. The minimum Gasteiger partial charge on any atom is -0.353 e. The minimum atomic E-state index is -0.147. The molecule has 0 spiro atoms. The molecule has 0 atom stereocenters. The van der Waals surface area contributed by atoms with Gasteiger partial charge in [-0.3, -0.25) is 4.79 Å². The van der Waals surface area contributed by atoms with Crippen molar-refractivity contribution in [2.75, 3.05) is 59.7 Å². The fourth-order valence-electron chi connectivity index (χ4n) is 1.42. The average molecular weight is 280 g/mol. The van der Waals surface area contributed by atoms with Gasteiger partial charge in [0, 0.05) is 38.6 Å². The van der Waals surface area contributed by atoms with Crippen LogP contribution in [-0.2, 0) is 0 Å². The molecule has 0 aliphatic heterocycles. The topological polar surface area (TPSA) is 73.4 Å². The second-order valence-corrected chi connectivity index (χ2v) is 5.08. The van der Waals surface area contributed by atoms with E-state index in [0.29, 0.717) is 18.1 Å². The van der Waals surface area contributed by atoms with Gasteiger partial charge in [-0.2, -0.15) is 0 Å². The summed E-state index contributed by atoms with van der Waals surface area (Å²) in [6.45, 7) is 3.07. The van der Waals surface area contributed by atoms with Crippen LogP contribution in [0.3, 0.4) is 0 Å². The van der Waals surface area contributed by atoms with Crippen LogP contribution < -0.4 is 10.6 Å². The summed E-state index contributed by atoms with van der Waals surface area (Å²) in [6.07, 6.45) is 3.08. The van der Waals surface area contributed by atoms with Crippen molar-refractivity contribution in [3.8, 4) is 0 Å². The van der Waals surface area contributed by atoms with Gasteiger partial charge in [0.2, 0.25) is 5.95 Å². The maximum atomic E-state index is 11.8. The minimum absolute atomic E-state index is 0.147. The van der Waals surface area contributed by atoms with Gasteiger partial charge in [0.25, 0.3) is 5.91 Å². The zero-order chi connectivity index (χ0) is 15.0. The normalized spacial score (nSPS) is 10.9. The third-order valence-electron chi connectivity index (χ3n) is 2.60. The fourth-order valence-corrected chi connectivity index (χ4v) is 1.42. The number of likely N-dealkylation sites (N-methyl/N-ethyl adjacent to an activating group) is 2. The van der Waals surface area contributed by atoms with E-state index in [2.05, 4.69) is 25.5 Å². The lowest BCUT2D eigenvalue weighted by Gasteiger charge is -2.11. The van der Waals surface area contributed by atoms with Gasteiger partial charge in [-0.15, -0.1) is 0 Å². The maximum Gasteiger partial charge on any atom is 0.254 e. The Morgan fingerprint density at radius 2 is 1.60 bits per heavy atom. The molecule has 0 saturated heterocycles. The highest BCUT2D eigenvalue weighted by atomic mass is 16.1. The molecule has 0 radical (unpaired) electrons. The molecule has 112 valence electrons. The Morgan fingerprint density at radius 3 is 2.15 bits per heavy atom. The van der Waals surface area contributed by atoms with Gasteiger partial charge >= 0.3 is 0 Å². The molecule has 1 aromatic rings. The second-order valence-electron chi connectivity index (χ2n) is 5.08. The number of nitrogens with zero attached hydrogens (tertiary/aromatic N) is 4. The lowest BCUT2D eigenvalue weighted by Crippen LogP contribution is -2.31. The van der Waals surface area contributed by atoms with Gasteiger partial charge in [-0.05, 0) is 28.2 Å². The Kier molecular flexibility index (Phi) is 6.89. The van der Waals surface area contributed by atoms with Crippen LogP contribution in [0.5, 0.6) is 0 Å². The molecule has 0 saturated carbocycles.